The van der Waals surface area contributed by atoms with Crippen LogP contribution in [0.25, 0.3) is 6.08 Å². The zero-order valence-corrected chi connectivity index (χ0v) is 8.93. The van der Waals surface area contributed by atoms with Crippen molar-refractivity contribution in [1.82, 2.24) is 0 Å². The van der Waals surface area contributed by atoms with E-state index < -0.39 is 0 Å². The van der Waals surface area contributed by atoms with E-state index in [0.29, 0.717) is 6.10 Å². The Balaban J connectivity index is 1.93. The zero-order chi connectivity index (χ0) is 10.5. The third kappa shape index (κ3) is 3.18. The largest absolute Gasteiger partial charge is 0.349 e. The molecule has 0 saturated carbocycles. The van der Waals surface area contributed by atoms with E-state index in [9.17, 15) is 0 Å². The standard InChI is InChI=1S/C13H16O2/c1-11-9-10-14-13(15-11)8-7-12-5-3-2-4-6-12/h2-8,11,13H,9-10H2,1H3/b8-7-/t11-,13-/m0/s1. The molecule has 0 spiro atoms. The highest BCUT2D eigenvalue weighted by Crippen LogP contribution is 2.14. The normalized spacial score (nSPS) is 27.0. The first-order valence-corrected chi connectivity index (χ1v) is 5.35. The number of rotatable bonds is 2. The predicted molar refractivity (Wildman–Crippen MR) is 60.4 cm³/mol. The number of ether oxygens (including phenoxy) is 2. The van der Waals surface area contributed by atoms with E-state index in [1.165, 1.54) is 5.56 Å². The minimum absolute atomic E-state index is 0.186. The van der Waals surface area contributed by atoms with E-state index in [1.807, 2.05) is 30.4 Å². The Bertz CT molecular complexity index is 319. The predicted octanol–water partition coefficient (Wildman–Crippen LogP) is 2.85. The van der Waals surface area contributed by atoms with Gasteiger partial charge in [0.05, 0.1) is 12.7 Å². The highest BCUT2D eigenvalue weighted by Gasteiger charge is 2.16. The Labute approximate surface area is 90.5 Å². The van der Waals surface area contributed by atoms with Crippen molar-refractivity contribution in [3.63, 3.8) is 0 Å². The summed E-state index contributed by atoms with van der Waals surface area (Å²) in [6.07, 6.45) is 5.08. The van der Waals surface area contributed by atoms with Crippen LogP contribution in [0.4, 0.5) is 0 Å². The molecule has 2 atom stereocenters. The zero-order valence-electron chi connectivity index (χ0n) is 8.93. The first-order chi connectivity index (χ1) is 7.34. The third-order valence-corrected chi connectivity index (χ3v) is 2.42. The molecule has 0 aliphatic carbocycles. The Morgan fingerprint density at radius 1 is 1.27 bits per heavy atom. The molecule has 1 aliphatic rings. The van der Waals surface area contributed by atoms with Crippen LogP contribution in [0.3, 0.4) is 0 Å². The minimum atomic E-state index is -0.186. The molecule has 2 rings (SSSR count). The summed E-state index contributed by atoms with van der Waals surface area (Å²) in [7, 11) is 0. The first kappa shape index (κ1) is 10.4. The van der Waals surface area contributed by atoms with Crippen LogP contribution in [-0.4, -0.2) is 19.0 Å². The van der Waals surface area contributed by atoms with Crippen LogP contribution in [0.1, 0.15) is 18.9 Å². The van der Waals surface area contributed by atoms with Gasteiger partial charge in [-0.05, 0) is 25.0 Å². The Hall–Kier alpha value is -1.12. The van der Waals surface area contributed by atoms with Crippen LogP contribution in [0.5, 0.6) is 0 Å². The fourth-order valence-corrected chi connectivity index (χ4v) is 1.54. The number of benzene rings is 1. The maximum absolute atomic E-state index is 5.60. The molecule has 0 unspecified atom stereocenters. The summed E-state index contributed by atoms with van der Waals surface area (Å²) in [4.78, 5) is 0. The van der Waals surface area contributed by atoms with Gasteiger partial charge in [0.25, 0.3) is 0 Å². The summed E-state index contributed by atoms with van der Waals surface area (Å²) in [6.45, 7) is 2.86. The van der Waals surface area contributed by atoms with Crippen LogP contribution in [0, 0.1) is 0 Å². The molecule has 0 radical (unpaired) electrons. The summed E-state index contributed by atoms with van der Waals surface area (Å²) in [5.41, 5.74) is 1.17. The van der Waals surface area contributed by atoms with Crippen molar-refractivity contribution in [3.05, 3.63) is 42.0 Å². The quantitative estimate of drug-likeness (QED) is 0.737. The molecule has 1 aromatic carbocycles. The second-order valence-electron chi connectivity index (χ2n) is 3.74. The van der Waals surface area contributed by atoms with Gasteiger partial charge in [-0.25, -0.2) is 0 Å². The van der Waals surface area contributed by atoms with Crippen molar-refractivity contribution >= 4 is 6.08 Å². The molecule has 0 N–H and O–H groups in total. The van der Waals surface area contributed by atoms with E-state index in [0.717, 1.165) is 13.0 Å². The van der Waals surface area contributed by atoms with Gasteiger partial charge >= 0.3 is 0 Å². The van der Waals surface area contributed by atoms with Gasteiger partial charge in [-0.2, -0.15) is 0 Å². The third-order valence-electron chi connectivity index (χ3n) is 2.42. The summed E-state index contributed by atoms with van der Waals surface area (Å²) >= 11 is 0. The summed E-state index contributed by atoms with van der Waals surface area (Å²) in [6, 6.07) is 10.2. The second kappa shape index (κ2) is 5.10. The van der Waals surface area contributed by atoms with Gasteiger partial charge in [-0.3, -0.25) is 0 Å². The first-order valence-electron chi connectivity index (χ1n) is 5.35. The number of hydrogen-bond acceptors (Lipinski definition) is 2. The topological polar surface area (TPSA) is 18.5 Å². The van der Waals surface area contributed by atoms with E-state index >= 15 is 0 Å². The maximum Gasteiger partial charge on any atom is 0.177 e. The van der Waals surface area contributed by atoms with Crippen LogP contribution in [0.2, 0.25) is 0 Å². The van der Waals surface area contributed by atoms with E-state index in [4.69, 9.17) is 9.47 Å². The summed E-state index contributed by atoms with van der Waals surface area (Å²) in [5.74, 6) is 0. The lowest BCUT2D eigenvalue weighted by atomic mass is 10.2. The van der Waals surface area contributed by atoms with Crippen molar-refractivity contribution in [3.8, 4) is 0 Å². The van der Waals surface area contributed by atoms with Crippen LogP contribution in [0.15, 0.2) is 36.4 Å². The van der Waals surface area contributed by atoms with Gasteiger partial charge in [0.1, 0.15) is 0 Å². The Morgan fingerprint density at radius 3 is 2.80 bits per heavy atom. The Kier molecular flexibility index (Phi) is 3.54. The van der Waals surface area contributed by atoms with Crippen molar-refractivity contribution < 1.29 is 9.47 Å². The van der Waals surface area contributed by atoms with Gasteiger partial charge in [-0.15, -0.1) is 0 Å². The molecule has 2 nitrogen and oxygen atoms in total. The van der Waals surface area contributed by atoms with Crippen molar-refractivity contribution in [1.29, 1.82) is 0 Å². The highest BCUT2D eigenvalue weighted by molar-refractivity contribution is 5.48. The molecule has 80 valence electrons. The monoisotopic (exact) mass is 204 g/mol. The molecule has 1 aromatic rings. The summed E-state index contributed by atoms with van der Waals surface area (Å²) < 4.78 is 11.1. The van der Waals surface area contributed by atoms with Crippen molar-refractivity contribution in [2.75, 3.05) is 6.61 Å². The molecule has 1 heterocycles. The Morgan fingerprint density at radius 2 is 2.07 bits per heavy atom. The molecule has 1 aliphatic heterocycles. The van der Waals surface area contributed by atoms with E-state index in [-0.39, 0.29) is 6.29 Å². The average molecular weight is 204 g/mol. The van der Waals surface area contributed by atoms with E-state index in [1.54, 1.807) is 0 Å². The highest BCUT2D eigenvalue weighted by atomic mass is 16.7. The lowest BCUT2D eigenvalue weighted by Gasteiger charge is -2.25. The van der Waals surface area contributed by atoms with E-state index in [2.05, 4.69) is 19.1 Å². The van der Waals surface area contributed by atoms with Gasteiger partial charge < -0.3 is 9.47 Å². The maximum atomic E-state index is 5.60. The molecular weight excluding hydrogens is 188 g/mol. The second-order valence-corrected chi connectivity index (χ2v) is 3.74. The molecule has 2 heteroatoms. The van der Waals surface area contributed by atoms with Gasteiger partial charge in [0, 0.05) is 0 Å². The average Bonchev–Trinajstić information content (AvgIpc) is 2.28. The molecular formula is C13H16O2. The molecule has 15 heavy (non-hydrogen) atoms. The fraction of sp³-hybridized carbons (Fsp3) is 0.385. The number of hydrogen-bond donors (Lipinski definition) is 0. The molecule has 1 fully saturated rings. The van der Waals surface area contributed by atoms with Gasteiger partial charge in [0.2, 0.25) is 0 Å². The van der Waals surface area contributed by atoms with Crippen LogP contribution >= 0.6 is 0 Å². The SMILES string of the molecule is C[C@H]1CCO[C@H](/C=C\c2ccccc2)O1. The summed E-state index contributed by atoms with van der Waals surface area (Å²) in [5, 5.41) is 0. The molecule has 0 aromatic heterocycles. The van der Waals surface area contributed by atoms with Crippen LogP contribution in [-0.2, 0) is 9.47 Å². The molecule has 0 amide bonds. The smallest absolute Gasteiger partial charge is 0.177 e. The fourth-order valence-electron chi connectivity index (χ4n) is 1.54. The lowest BCUT2D eigenvalue weighted by Crippen LogP contribution is -2.28. The van der Waals surface area contributed by atoms with Crippen molar-refractivity contribution in [2.24, 2.45) is 0 Å². The minimum Gasteiger partial charge on any atom is -0.349 e. The van der Waals surface area contributed by atoms with Gasteiger partial charge in [-0.1, -0.05) is 36.4 Å². The molecule has 0 bridgehead atoms. The lowest BCUT2D eigenvalue weighted by molar-refractivity contribution is -0.180. The van der Waals surface area contributed by atoms with Crippen LogP contribution < -0.4 is 0 Å². The molecule has 1 saturated heterocycles. The van der Waals surface area contributed by atoms with Gasteiger partial charge in [0.15, 0.2) is 6.29 Å². The van der Waals surface area contributed by atoms with Crippen molar-refractivity contribution in [2.45, 2.75) is 25.7 Å².